The molecule has 0 atom stereocenters. The van der Waals surface area contributed by atoms with Gasteiger partial charge < -0.3 is 20.8 Å². The zero-order valence-electron chi connectivity index (χ0n) is 14.4. The monoisotopic (exact) mass is 374 g/mol. The lowest BCUT2D eigenvalue weighted by Crippen LogP contribution is -2.10. The molecule has 0 saturated carbocycles. The summed E-state index contributed by atoms with van der Waals surface area (Å²) in [6.45, 7) is 0. The molecule has 0 saturated heterocycles. The Balaban J connectivity index is 1.62. The molecule has 3 heterocycles. The minimum absolute atomic E-state index is 0.0168. The van der Waals surface area contributed by atoms with Crippen LogP contribution in [0.5, 0.6) is 0 Å². The number of H-pyrrole nitrogens is 1. The van der Waals surface area contributed by atoms with Gasteiger partial charge in [0.15, 0.2) is 12.0 Å². The molecule has 0 aliphatic carbocycles. The SMILES string of the molecule is NC(=O)c1ccc(NC2=C(C=O)C(=O)/C(=C/c3c[nH]c4ncccc34)O2)cc1. The molecule has 0 fully saturated rings. The van der Waals surface area contributed by atoms with Gasteiger partial charge in [-0.25, -0.2) is 4.98 Å². The van der Waals surface area contributed by atoms with Crippen molar-refractivity contribution < 1.29 is 19.1 Å². The van der Waals surface area contributed by atoms with Gasteiger partial charge in [-0.05, 0) is 42.5 Å². The predicted octanol–water partition coefficient (Wildman–Crippen LogP) is 2.12. The summed E-state index contributed by atoms with van der Waals surface area (Å²) in [5.41, 5.74) is 7.35. The second-order valence-corrected chi connectivity index (χ2v) is 6.01. The van der Waals surface area contributed by atoms with E-state index in [1.165, 1.54) is 12.1 Å². The molecule has 1 aromatic carbocycles. The van der Waals surface area contributed by atoms with Crippen molar-refractivity contribution in [3.8, 4) is 0 Å². The number of pyridine rings is 1. The van der Waals surface area contributed by atoms with Gasteiger partial charge in [-0.3, -0.25) is 14.4 Å². The van der Waals surface area contributed by atoms with Gasteiger partial charge >= 0.3 is 0 Å². The number of ketones is 1. The van der Waals surface area contributed by atoms with Gasteiger partial charge in [0.05, 0.1) is 0 Å². The number of nitrogens with two attached hydrogens (primary N) is 1. The summed E-state index contributed by atoms with van der Waals surface area (Å²) in [7, 11) is 0. The van der Waals surface area contributed by atoms with Gasteiger partial charge in [0, 0.05) is 34.6 Å². The van der Waals surface area contributed by atoms with E-state index in [1.807, 2.05) is 6.07 Å². The van der Waals surface area contributed by atoms with Crippen molar-refractivity contribution in [1.29, 1.82) is 0 Å². The van der Waals surface area contributed by atoms with Gasteiger partial charge in [0.2, 0.25) is 17.6 Å². The van der Waals surface area contributed by atoms with Crippen LogP contribution < -0.4 is 11.1 Å². The van der Waals surface area contributed by atoms with E-state index in [0.29, 0.717) is 28.7 Å². The van der Waals surface area contributed by atoms with Gasteiger partial charge in [0.25, 0.3) is 0 Å². The number of nitrogens with one attached hydrogen (secondary N) is 2. The van der Waals surface area contributed by atoms with E-state index in [1.54, 1.807) is 36.7 Å². The first-order valence-corrected chi connectivity index (χ1v) is 8.29. The number of benzene rings is 1. The van der Waals surface area contributed by atoms with Crippen molar-refractivity contribution in [1.82, 2.24) is 9.97 Å². The number of rotatable bonds is 5. The highest BCUT2D eigenvalue weighted by atomic mass is 16.5. The average molecular weight is 374 g/mol. The molecule has 0 spiro atoms. The fraction of sp³-hybridized carbons (Fsp3) is 0. The average Bonchev–Trinajstić information content (AvgIpc) is 3.23. The molecule has 1 aliphatic heterocycles. The second kappa shape index (κ2) is 6.84. The summed E-state index contributed by atoms with van der Waals surface area (Å²) < 4.78 is 5.60. The van der Waals surface area contributed by atoms with Gasteiger partial charge in [0.1, 0.15) is 11.2 Å². The van der Waals surface area contributed by atoms with Crippen LogP contribution in [0.1, 0.15) is 15.9 Å². The third-order valence-electron chi connectivity index (χ3n) is 4.24. The van der Waals surface area contributed by atoms with E-state index in [0.717, 1.165) is 5.39 Å². The zero-order chi connectivity index (χ0) is 19.7. The number of carbonyl (C=O) groups is 3. The number of aldehydes is 1. The number of Topliss-reactive ketones (excluding diaryl/α,β-unsaturated/α-hetero) is 1. The minimum Gasteiger partial charge on any atom is -0.436 e. The van der Waals surface area contributed by atoms with Crippen molar-refractivity contribution >= 4 is 40.8 Å². The Morgan fingerprint density at radius 2 is 2.00 bits per heavy atom. The standard InChI is InChI=1S/C20H14N4O4/c21-18(27)11-3-5-13(6-4-11)24-20-15(10-25)17(26)16(28-20)8-12-9-23-19-14(12)2-1-7-22-19/h1-10,24H,(H2,21,27)(H,22,23)/b16-8-. The number of anilines is 1. The topological polar surface area (TPSA) is 127 Å². The van der Waals surface area contributed by atoms with Crippen LogP contribution in [0.25, 0.3) is 17.1 Å². The molecule has 3 aromatic rings. The Morgan fingerprint density at radius 1 is 1.21 bits per heavy atom. The maximum atomic E-state index is 12.5. The number of allylic oxidation sites excluding steroid dienone is 1. The van der Waals surface area contributed by atoms with Crippen molar-refractivity contribution in [2.45, 2.75) is 0 Å². The van der Waals surface area contributed by atoms with Crippen LogP contribution in [0, 0.1) is 0 Å². The number of hydrogen-bond donors (Lipinski definition) is 3. The number of fused-ring (bicyclic) bond motifs is 1. The molecule has 2 aromatic heterocycles. The van der Waals surface area contributed by atoms with Crippen LogP contribution in [0.4, 0.5) is 5.69 Å². The summed E-state index contributed by atoms with van der Waals surface area (Å²) in [6, 6.07) is 9.88. The van der Waals surface area contributed by atoms with Crippen molar-refractivity contribution in [2.24, 2.45) is 5.73 Å². The molecule has 138 valence electrons. The number of amides is 1. The Kier molecular flexibility index (Phi) is 4.21. The highest BCUT2D eigenvalue weighted by Crippen LogP contribution is 2.28. The highest BCUT2D eigenvalue weighted by Gasteiger charge is 2.31. The molecule has 28 heavy (non-hydrogen) atoms. The molecular formula is C20H14N4O4. The number of ether oxygens (including phenoxy) is 1. The van der Waals surface area contributed by atoms with E-state index in [-0.39, 0.29) is 17.2 Å². The lowest BCUT2D eigenvalue weighted by atomic mass is 10.1. The third-order valence-corrected chi connectivity index (χ3v) is 4.24. The molecule has 1 aliphatic rings. The first kappa shape index (κ1) is 17.2. The fourth-order valence-electron chi connectivity index (χ4n) is 2.83. The van der Waals surface area contributed by atoms with Crippen LogP contribution in [-0.2, 0) is 14.3 Å². The molecule has 1 amide bonds. The van der Waals surface area contributed by atoms with Gasteiger partial charge in [-0.15, -0.1) is 0 Å². The van der Waals surface area contributed by atoms with Crippen LogP contribution in [0.2, 0.25) is 0 Å². The number of aromatic amines is 1. The molecule has 8 heteroatoms. The maximum absolute atomic E-state index is 12.5. The summed E-state index contributed by atoms with van der Waals surface area (Å²) in [4.78, 5) is 42.3. The fourth-order valence-corrected chi connectivity index (χ4v) is 2.83. The summed E-state index contributed by atoms with van der Waals surface area (Å²) in [5.74, 6) is -1.03. The minimum atomic E-state index is -0.551. The molecule has 0 bridgehead atoms. The Hall–Kier alpha value is -4.20. The number of aromatic nitrogens is 2. The quantitative estimate of drug-likeness (QED) is 0.357. The molecule has 4 rings (SSSR count). The van der Waals surface area contributed by atoms with E-state index in [4.69, 9.17) is 10.5 Å². The lowest BCUT2D eigenvalue weighted by molar-refractivity contribution is -0.115. The zero-order valence-corrected chi connectivity index (χ0v) is 14.4. The van der Waals surface area contributed by atoms with Crippen LogP contribution in [0.3, 0.4) is 0 Å². The Labute approximate surface area is 158 Å². The van der Waals surface area contributed by atoms with Crippen LogP contribution in [0.15, 0.2) is 66.0 Å². The number of carbonyl (C=O) groups excluding carboxylic acids is 3. The van der Waals surface area contributed by atoms with Crippen molar-refractivity contribution in [3.63, 3.8) is 0 Å². The lowest BCUT2D eigenvalue weighted by Gasteiger charge is -2.08. The van der Waals surface area contributed by atoms with Crippen LogP contribution in [-0.4, -0.2) is 27.9 Å². The molecule has 0 radical (unpaired) electrons. The van der Waals surface area contributed by atoms with E-state index >= 15 is 0 Å². The van der Waals surface area contributed by atoms with Gasteiger partial charge in [-0.2, -0.15) is 0 Å². The Morgan fingerprint density at radius 3 is 2.71 bits per heavy atom. The summed E-state index contributed by atoms with van der Waals surface area (Å²) in [5, 5.41) is 3.70. The summed E-state index contributed by atoms with van der Waals surface area (Å²) in [6.07, 6.45) is 5.36. The highest BCUT2D eigenvalue weighted by molar-refractivity contribution is 6.23. The predicted molar refractivity (Wildman–Crippen MR) is 102 cm³/mol. The third kappa shape index (κ3) is 3.03. The van der Waals surface area contributed by atoms with Crippen LogP contribution >= 0.6 is 0 Å². The second-order valence-electron chi connectivity index (χ2n) is 6.01. The Bertz CT molecular complexity index is 1170. The van der Waals surface area contributed by atoms with Gasteiger partial charge in [-0.1, -0.05) is 0 Å². The largest absolute Gasteiger partial charge is 0.436 e. The van der Waals surface area contributed by atoms with E-state index in [9.17, 15) is 14.4 Å². The normalized spacial score (nSPS) is 15.1. The first-order chi connectivity index (χ1) is 13.6. The maximum Gasteiger partial charge on any atom is 0.248 e. The van der Waals surface area contributed by atoms with E-state index < -0.39 is 11.7 Å². The smallest absolute Gasteiger partial charge is 0.248 e. The van der Waals surface area contributed by atoms with E-state index in [2.05, 4.69) is 15.3 Å². The summed E-state index contributed by atoms with van der Waals surface area (Å²) >= 11 is 0. The van der Waals surface area contributed by atoms with Crippen molar-refractivity contribution in [3.05, 3.63) is 77.1 Å². The molecule has 8 nitrogen and oxygen atoms in total. The number of primary amides is 1. The first-order valence-electron chi connectivity index (χ1n) is 8.29. The van der Waals surface area contributed by atoms with Crippen molar-refractivity contribution in [2.75, 3.05) is 5.32 Å². The number of nitrogens with zero attached hydrogens (tertiary/aromatic N) is 1. The number of hydrogen-bond acceptors (Lipinski definition) is 6. The molecule has 4 N–H and O–H groups in total. The molecule has 0 unspecified atom stereocenters. The molecular weight excluding hydrogens is 360 g/mol.